The molecule has 1 aliphatic rings. The van der Waals surface area contributed by atoms with E-state index in [0.717, 1.165) is 0 Å². The first kappa shape index (κ1) is 26.5. The number of carbonyl (C=O) groups excluding carboxylic acids is 1. The SMILES string of the molecule is CN(C)c1ccc(C(=N)N)cc1Oc1nc(Oc2cccc(NC(=N)N)c2)nc2c1NC(=O)C(CC(=O)O)O2. The molecule has 9 N–H and O–H groups in total. The Bertz CT molecular complexity index is 1480. The van der Waals surface area contributed by atoms with Gasteiger partial charge in [-0.3, -0.25) is 20.4 Å². The number of fused-ring (bicyclic) bond motifs is 1. The fourth-order valence-electron chi connectivity index (χ4n) is 3.53. The van der Waals surface area contributed by atoms with Gasteiger partial charge in [0.2, 0.25) is 5.88 Å². The molecule has 39 heavy (non-hydrogen) atoms. The molecule has 0 radical (unpaired) electrons. The van der Waals surface area contributed by atoms with Gasteiger partial charge >= 0.3 is 12.0 Å². The minimum atomic E-state index is -1.35. The second-order valence-corrected chi connectivity index (χ2v) is 8.45. The van der Waals surface area contributed by atoms with Crippen LogP contribution in [0.15, 0.2) is 42.5 Å². The molecule has 1 aliphatic heterocycles. The third kappa shape index (κ3) is 6.22. The highest BCUT2D eigenvalue weighted by molar-refractivity contribution is 6.00. The molecule has 3 aromatic rings. The lowest BCUT2D eigenvalue weighted by molar-refractivity contribution is -0.142. The van der Waals surface area contributed by atoms with Crippen LogP contribution in [0, 0.1) is 10.8 Å². The van der Waals surface area contributed by atoms with Crippen LogP contribution >= 0.6 is 0 Å². The maximum Gasteiger partial charge on any atom is 0.328 e. The molecule has 0 spiro atoms. The number of guanidine groups is 1. The Kier molecular flexibility index (Phi) is 7.32. The number of carbonyl (C=O) groups is 2. The summed E-state index contributed by atoms with van der Waals surface area (Å²) in [6.07, 6.45) is -1.96. The summed E-state index contributed by atoms with van der Waals surface area (Å²) in [6, 6.07) is 11.1. The fourth-order valence-corrected chi connectivity index (χ4v) is 3.53. The van der Waals surface area contributed by atoms with Gasteiger partial charge in [0.25, 0.3) is 11.8 Å². The van der Waals surface area contributed by atoms with Crippen LogP contribution < -0.4 is 41.2 Å². The van der Waals surface area contributed by atoms with Crippen molar-refractivity contribution in [1.82, 2.24) is 9.97 Å². The zero-order chi connectivity index (χ0) is 28.3. The third-order valence-electron chi connectivity index (χ3n) is 5.26. The van der Waals surface area contributed by atoms with Gasteiger partial charge in [-0.2, -0.15) is 9.97 Å². The molecule has 0 saturated heterocycles. The van der Waals surface area contributed by atoms with Crippen LogP contribution in [-0.4, -0.2) is 58.9 Å². The Labute approximate surface area is 221 Å². The number of anilines is 3. The second-order valence-electron chi connectivity index (χ2n) is 8.45. The van der Waals surface area contributed by atoms with Crippen molar-refractivity contribution in [2.75, 3.05) is 29.6 Å². The lowest BCUT2D eigenvalue weighted by Gasteiger charge is -2.26. The second kappa shape index (κ2) is 10.8. The quantitative estimate of drug-likeness (QED) is 0.154. The Hall–Kier alpha value is -5.60. The molecule has 0 fully saturated rings. The normalized spacial score (nSPS) is 13.8. The predicted octanol–water partition coefficient (Wildman–Crippen LogP) is 1.89. The number of nitrogens with two attached hydrogens (primary N) is 2. The molecule has 2 heterocycles. The summed E-state index contributed by atoms with van der Waals surface area (Å²) in [7, 11) is 3.56. The lowest BCUT2D eigenvalue weighted by atomic mass is 10.1. The van der Waals surface area contributed by atoms with Crippen LogP contribution in [0.2, 0.25) is 0 Å². The molecular weight excluding hydrogens is 510 g/mol. The number of carboxylic acids is 1. The van der Waals surface area contributed by atoms with E-state index in [0.29, 0.717) is 16.9 Å². The fraction of sp³-hybridized carbons (Fsp3) is 0.167. The molecule has 1 amide bonds. The number of carboxylic acid groups (broad SMARTS) is 1. The zero-order valence-electron chi connectivity index (χ0n) is 20.8. The molecule has 1 aromatic heterocycles. The number of benzene rings is 2. The number of hydrogen-bond acceptors (Lipinski definition) is 10. The monoisotopic (exact) mass is 535 g/mol. The van der Waals surface area contributed by atoms with Crippen molar-refractivity contribution >= 4 is 40.7 Å². The third-order valence-corrected chi connectivity index (χ3v) is 5.26. The largest absolute Gasteiger partial charge is 0.481 e. The van der Waals surface area contributed by atoms with Crippen LogP contribution in [0.1, 0.15) is 12.0 Å². The molecule has 202 valence electrons. The highest BCUT2D eigenvalue weighted by Crippen LogP contribution is 2.42. The summed E-state index contributed by atoms with van der Waals surface area (Å²) in [5, 5.41) is 29.5. The van der Waals surface area contributed by atoms with Crippen molar-refractivity contribution in [3.05, 3.63) is 48.0 Å². The molecule has 15 heteroatoms. The van der Waals surface area contributed by atoms with E-state index in [4.69, 9.17) is 41.6 Å². The van der Waals surface area contributed by atoms with E-state index in [2.05, 4.69) is 20.6 Å². The number of hydrogen-bond donors (Lipinski definition) is 7. The van der Waals surface area contributed by atoms with E-state index in [-0.39, 0.29) is 46.8 Å². The summed E-state index contributed by atoms with van der Waals surface area (Å²) in [5.41, 5.74) is 12.5. The molecule has 0 bridgehead atoms. The Morgan fingerprint density at radius 1 is 1.18 bits per heavy atom. The molecule has 15 nitrogen and oxygen atoms in total. The van der Waals surface area contributed by atoms with Crippen molar-refractivity contribution in [3.8, 4) is 29.3 Å². The number of amides is 1. The maximum absolute atomic E-state index is 12.6. The summed E-state index contributed by atoms with van der Waals surface area (Å²) < 4.78 is 17.5. The standard InChI is InChI=1S/C24H25N9O6/c1-33(2)14-7-6-11(19(25)26)8-15(14)38-21-18-22(39-16(10-17(34)35)20(36)30-18)32-24(31-21)37-13-5-3-4-12(9-13)29-23(27)28/h3-9,16H,10H2,1-2H3,(H3,25,26)(H,30,36)(H,34,35)(H4,27,28,29). The summed E-state index contributed by atoms with van der Waals surface area (Å²) in [5.74, 6) is -2.26. The smallest absolute Gasteiger partial charge is 0.328 e. The van der Waals surface area contributed by atoms with Gasteiger partial charge in [-0.25, -0.2) is 0 Å². The van der Waals surface area contributed by atoms with Crippen molar-refractivity contribution in [3.63, 3.8) is 0 Å². The number of amidine groups is 1. The number of nitrogen functional groups attached to an aromatic ring is 1. The highest BCUT2D eigenvalue weighted by Gasteiger charge is 2.34. The van der Waals surface area contributed by atoms with Crippen LogP contribution in [0.25, 0.3) is 0 Å². The van der Waals surface area contributed by atoms with Crippen molar-refractivity contribution in [2.24, 2.45) is 11.5 Å². The first-order valence-electron chi connectivity index (χ1n) is 11.3. The van der Waals surface area contributed by atoms with E-state index in [1.165, 1.54) is 6.07 Å². The molecular formula is C24H25N9O6. The Morgan fingerprint density at radius 3 is 2.62 bits per heavy atom. The summed E-state index contributed by atoms with van der Waals surface area (Å²) in [6.45, 7) is 0. The average molecular weight is 536 g/mol. The first-order valence-corrected chi connectivity index (χ1v) is 11.3. The molecule has 4 rings (SSSR count). The van der Waals surface area contributed by atoms with Crippen molar-refractivity contribution in [1.29, 1.82) is 10.8 Å². The van der Waals surface area contributed by atoms with Crippen LogP contribution in [-0.2, 0) is 9.59 Å². The van der Waals surface area contributed by atoms with Crippen LogP contribution in [0.5, 0.6) is 29.3 Å². The average Bonchev–Trinajstić information content (AvgIpc) is 2.84. The number of rotatable bonds is 9. The molecule has 1 unspecified atom stereocenters. The Morgan fingerprint density at radius 2 is 1.95 bits per heavy atom. The van der Waals surface area contributed by atoms with Gasteiger partial charge in [0.05, 0.1) is 12.1 Å². The van der Waals surface area contributed by atoms with Crippen molar-refractivity contribution in [2.45, 2.75) is 12.5 Å². The maximum atomic E-state index is 12.6. The van der Waals surface area contributed by atoms with Gasteiger partial charge in [0.1, 0.15) is 11.6 Å². The highest BCUT2D eigenvalue weighted by atomic mass is 16.5. The van der Waals surface area contributed by atoms with E-state index in [1.807, 2.05) is 0 Å². The van der Waals surface area contributed by atoms with E-state index in [9.17, 15) is 9.59 Å². The molecule has 1 atom stereocenters. The summed E-state index contributed by atoms with van der Waals surface area (Å²) >= 11 is 0. The van der Waals surface area contributed by atoms with Gasteiger partial charge in [0.15, 0.2) is 23.5 Å². The van der Waals surface area contributed by atoms with E-state index >= 15 is 0 Å². The van der Waals surface area contributed by atoms with Gasteiger partial charge in [0, 0.05) is 31.4 Å². The lowest BCUT2D eigenvalue weighted by Crippen LogP contribution is -2.39. The van der Waals surface area contributed by atoms with Gasteiger partial charge in [-0.05, 0) is 30.3 Å². The first-order chi connectivity index (χ1) is 18.5. The molecule has 0 saturated carbocycles. The van der Waals surface area contributed by atoms with E-state index < -0.39 is 24.4 Å². The number of nitrogens with one attached hydrogen (secondary N) is 4. The Balaban J connectivity index is 1.78. The van der Waals surface area contributed by atoms with E-state index in [1.54, 1.807) is 55.4 Å². The number of ether oxygens (including phenoxy) is 3. The van der Waals surface area contributed by atoms with Gasteiger partial charge < -0.3 is 46.3 Å². The molecule has 2 aromatic carbocycles. The predicted molar refractivity (Wildman–Crippen MR) is 141 cm³/mol. The minimum Gasteiger partial charge on any atom is -0.481 e. The number of aliphatic carboxylic acids is 1. The van der Waals surface area contributed by atoms with Gasteiger partial charge in [-0.15, -0.1) is 0 Å². The number of nitrogens with zero attached hydrogens (tertiary/aromatic N) is 3. The summed E-state index contributed by atoms with van der Waals surface area (Å²) in [4.78, 5) is 34.1. The van der Waals surface area contributed by atoms with Crippen LogP contribution in [0.4, 0.5) is 17.1 Å². The number of aromatic nitrogens is 2. The van der Waals surface area contributed by atoms with Gasteiger partial charge in [-0.1, -0.05) is 6.07 Å². The molecule has 0 aliphatic carbocycles. The zero-order valence-corrected chi connectivity index (χ0v) is 20.8. The van der Waals surface area contributed by atoms with Crippen LogP contribution in [0.3, 0.4) is 0 Å². The van der Waals surface area contributed by atoms with Crippen molar-refractivity contribution < 1.29 is 28.9 Å². The topological polar surface area (TPSA) is 235 Å². The minimum absolute atomic E-state index is 0.0427.